The summed E-state index contributed by atoms with van der Waals surface area (Å²) in [5.41, 5.74) is 0. The molecule has 8 heteroatoms. The van der Waals surface area contributed by atoms with E-state index in [1.54, 1.807) is 13.4 Å². The van der Waals surface area contributed by atoms with Gasteiger partial charge in [0.25, 0.3) is 0 Å². The smallest absolute Gasteiger partial charge is 0.193 e. The van der Waals surface area contributed by atoms with Gasteiger partial charge in [0.1, 0.15) is 6.33 Å². The van der Waals surface area contributed by atoms with Crippen LogP contribution in [0.15, 0.2) is 11.3 Å². The summed E-state index contributed by atoms with van der Waals surface area (Å²) < 4.78 is 7.43. The highest BCUT2D eigenvalue weighted by Gasteiger charge is 2.19. The monoisotopic (exact) mass is 408 g/mol. The number of aliphatic imine (C=N–C) groups is 1. The van der Waals surface area contributed by atoms with Crippen molar-refractivity contribution in [2.75, 3.05) is 33.9 Å². The van der Waals surface area contributed by atoms with E-state index in [4.69, 9.17) is 4.74 Å². The molecule has 0 radical (unpaired) electrons. The zero-order chi connectivity index (χ0) is 14.4. The van der Waals surface area contributed by atoms with Gasteiger partial charge in [-0.3, -0.25) is 4.99 Å². The van der Waals surface area contributed by atoms with E-state index in [1.807, 2.05) is 4.57 Å². The van der Waals surface area contributed by atoms with E-state index in [1.165, 1.54) is 0 Å². The molecule has 1 aliphatic heterocycles. The van der Waals surface area contributed by atoms with Gasteiger partial charge in [0, 0.05) is 39.7 Å². The maximum absolute atomic E-state index is 5.41. The van der Waals surface area contributed by atoms with Crippen molar-refractivity contribution in [1.29, 1.82) is 0 Å². The minimum atomic E-state index is 0. The average molecular weight is 408 g/mol. The maximum atomic E-state index is 5.41. The van der Waals surface area contributed by atoms with Crippen LogP contribution in [0.3, 0.4) is 0 Å². The fourth-order valence-corrected chi connectivity index (χ4v) is 2.42. The third kappa shape index (κ3) is 5.10. The van der Waals surface area contributed by atoms with Gasteiger partial charge >= 0.3 is 0 Å². The van der Waals surface area contributed by atoms with E-state index >= 15 is 0 Å². The molecule has 1 fully saturated rings. The Labute approximate surface area is 143 Å². The molecule has 0 aromatic carbocycles. The Balaban J connectivity index is 0.00000220. The van der Waals surface area contributed by atoms with Crippen molar-refractivity contribution in [3.05, 3.63) is 12.2 Å². The van der Waals surface area contributed by atoms with Gasteiger partial charge in [-0.15, -0.1) is 34.2 Å². The van der Waals surface area contributed by atoms with E-state index in [9.17, 15) is 0 Å². The summed E-state index contributed by atoms with van der Waals surface area (Å²) in [5.74, 6) is 2.40. The highest BCUT2D eigenvalue weighted by molar-refractivity contribution is 14.0. The predicted octanol–water partition coefficient (Wildman–Crippen LogP) is 0.960. The minimum absolute atomic E-state index is 0. The number of nitrogens with zero attached hydrogens (tertiary/aromatic N) is 5. The first kappa shape index (κ1) is 18.1. The molecular formula is C13H25IN6O. The predicted molar refractivity (Wildman–Crippen MR) is 92.9 cm³/mol. The summed E-state index contributed by atoms with van der Waals surface area (Å²) in [6.07, 6.45) is 2.88. The Hall–Kier alpha value is -0.900. The molecule has 1 aromatic heterocycles. The molecule has 120 valence electrons. The minimum Gasteiger partial charge on any atom is -0.381 e. The first-order valence-corrected chi connectivity index (χ1v) is 7.10. The molecule has 1 unspecified atom stereocenters. The topological polar surface area (TPSA) is 67.6 Å². The van der Waals surface area contributed by atoms with E-state index in [0.29, 0.717) is 12.5 Å². The number of aromatic nitrogens is 3. The second-order valence-electron chi connectivity index (χ2n) is 5.04. The van der Waals surface area contributed by atoms with Gasteiger partial charge in [0.05, 0.1) is 13.2 Å². The molecule has 7 nitrogen and oxygen atoms in total. The van der Waals surface area contributed by atoms with Gasteiger partial charge in [-0.25, -0.2) is 0 Å². The Morgan fingerprint density at radius 3 is 3.05 bits per heavy atom. The molecule has 0 bridgehead atoms. The number of rotatable bonds is 5. The van der Waals surface area contributed by atoms with E-state index in [0.717, 1.165) is 44.5 Å². The van der Waals surface area contributed by atoms with Crippen LogP contribution in [-0.2, 0) is 17.8 Å². The second kappa shape index (κ2) is 9.19. The van der Waals surface area contributed by atoms with Crippen molar-refractivity contribution in [3.8, 4) is 0 Å². The molecule has 1 saturated heterocycles. The van der Waals surface area contributed by atoms with Crippen molar-refractivity contribution in [3.63, 3.8) is 0 Å². The lowest BCUT2D eigenvalue weighted by molar-refractivity contribution is 0.181. The van der Waals surface area contributed by atoms with Gasteiger partial charge in [0.15, 0.2) is 11.8 Å². The summed E-state index contributed by atoms with van der Waals surface area (Å²) in [6, 6.07) is 0. The van der Waals surface area contributed by atoms with Crippen molar-refractivity contribution < 1.29 is 4.74 Å². The molecular weight excluding hydrogens is 383 g/mol. The molecule has 1 atom stereocenters. The van der Waals surface area contributed by atoms with Crippen molar-refractivity contribution in [2.24, 2.45) is 10.9 Å². The van der Waals surface area contributed by atoms with Gasteiger partial charge < -0.3 is 19.5 Å². The van der Waals surface area contributed by atoms with Crippen molar-refractivity contribution in [2.45, 2.75) is 26.4 Å². The number of hydrogen-bond acceptors (Lipinski definition) is 4. The van der Waals surface area contributed by atoms with Crippen LogP contribution in [0.5, 0.6) is 0 Å². The van der Waals surface area contributed by atoms with Crippen molar-refractivity contribution in [1.82, 2.24) is 25.0 Å². The van der Waals surface area contributed by atoms with Gasteiger partial charge in [-0.2, -0.15) is 0 Å². The molecule has 2 rings (SSSR count). The van der Waals surface area contributed by atoms with E-state index < -0.39 is 0 Å². The quantitative estimate of drug-likeness (QED) is 0.447. The first-order chi connectivity index (χ1) is 9.74. The second-order valence-corrected chi connectivity index (χ2v) is 5.04. The van der Waals surface area contributed by atoms with Crippen LogP contribution in [0.4, 0.5) is 0 Å². The molecule has 1 aliphatic rings. The van der Waals surface area contributed by atoms with Gasteiger partial charge in [-0.1, -0.05) is 0 Å². The lowest BCUT2D eigenvalue weighted by Gasteiger charge is -2.24. The summed E-state index contributed by atoms with van der Waals surface area (Å²) in [5, 5.41) is 11.4. The van der Waals surface area contributed by atoms with E-state index in [2.05, 4.69) is 39.4 Å². The SMILES string of the molecule is CCn1cnnc1CNC(=NC)N(C)CC1CCOC1.I. The molecule has 0 spiro atoms. The Kier molecular flexibility index (Phi) is 7.94. The van der Waals surface area contributed by atoms with Crippen LogP contribution < -0.4 is 5.32 Å². The van der Waals surface area contributed by atoms with Crippen LogP contribution >= 0.6 is 24.0 Å². The number of hydrogen-bond donors (Lipinski definition) is 1. The third-order valence-corrected chi connectivity index (χ3v) is 3.57. The Morgan fingerprint density at radius 2 is 2.43 bits per heavy atom. The zero-order valence-electron chi connectivity index (χ0n) is 12.9. The highest BCUT2D eigenvalue weighted by atomic mass is 127. The highest BCUT2D eigenvalue weighted by Crippen LogP contribution is 2.13. The Morgan fingerprint density at radius 1 is 1.62 bits per heavy atom. The number of nitrogens with one attached hydrogen (secondary N) is 1. The molecule has 0 saturated carbocycles. The van der Waals surface area contributed by atoms with Gasteiger partial charge in [0.2, 0.25) is 0 Å². The summed E-state index contributed by atoms with van der Waals surface area (Å²) in [6.45, 7) is 6.27. The first-order valence-electron chi connectivity index (χ1n) is 7.10. The largest absolute Gasteiger partial charge is 0.381 e. The average Bonchev–Trinajstić information content (AvgIpc) is 3.10. The van der Waals surface area contributed by atoms with Gasteiger partial charge in [-0.05, 0) is 13.3 Å². The Bertz CT molecular complexity index is 444. The van der Waals surface area contributed by atoms with Crippen LogP contribution in [0, 0.1) is 5.92 Å². The summed E-state index contributed by atoms with van der Waals surface area (Å²) >= 11 is 0. The number of halogens is 1. The summed E-state index contributed by atoms with van der Waals surface area (Å²) in [7, 11) is 3.85. The summed E-state index contributed by atoms with van der Waals surface area (Å²) in [4.78, 5) is 6.46. The van der Waals surface area contributed by atoms with Crippen LogP contribution in [0.2, 0.25) is 0 Å². The molecule has 2 heterocycles. The van der Waals surface area contributed by atoms with Crippen LogP contribution in [0.1, 0.15) is 19.2 Å². The normalized spacial score (nSPS) is 18.4. The number of ether oxygens (including phenoxy) is 1. The molecule has 0 aliphatic carbocycles. The lowest BCUT2D eigenvalue weighted by atomic mass is 10.1. The maximum Gasteiger partial charge on any atom is 0.193 e. The fourth-order valence-electron chi connectivity index (χ4n) is 2.42. The molecule has 1 N–H and O–H groups in total. The van der Waals surface area contributed by atoms with Crippen LogP contribution in [0.25, 0.3) is 0 Å². The number of guanidine groups is 1. The molecule has 1 aromatic rings. The number of aryl methyl sites for hydroxylation is 1. The lowest BCUT2D eigenvalue weighted by Crippen LogP contribution is -2.41. The zero-order valence-corrected chi connectivity index (χ0v) is 15.3. The molecule has 21 heavy (non-hydrogen) atoms. The van der Waals surface area contributed by atoms with Crippen LogP contribution in [-0.4, -0.2) is 59.5 Å². The van der Waals surface area contributed by atoms with E-state index in [-0.39, 0.29) is 24.0 Å². The van der Waals surface area contributed by atoms with Crippen molar-refractivity contribution >= 4 is 29.9 Å². The standard InChI is InChI=1S/C13H24N6O.HI/c1-4-19-10-16-17-12(19)7-15-13(14-2)18(3)8-11-5-6-20-9-11;/h10-11H,4-9H2,1-3H3,(H,14,15);1H. The fraction of sp³-hybridized carbons (Fsp3) is 0.769. The third-order valence-electron chi connectivity index (χ3n) is 3.57. The molecule has 0 amide bonds.